The summed E-state index contributed by atoms with van der Waals surface area (Å²) in [5.74, 6) is 3.92. The first-order valence-corrected chi connectivity index (χ1v) is 13.2. The van der Waals surface area contributed by atoms with Gasteiger partial charge in [-0.15, -0.1) is 0 Å². The zero-order chi connectivity index (χ0) is 22.4. The average Bonchev–Trinajstić information content (AvgIpc) is 3.05. The molecule has 0 aromatic heterocycles. The Morgan fingerprint density at radius 1 is 1.03 bits per heavy atom. The van der Waals surface area contributed by atoms with E-state index in [-0.39, 0.29) is 12.1 Å². The van der Waals surface area contributed by atoms with Crippen molar-refractivity contribution < 1.29 is 9.53 Å². The summed E-state index contributed by atoms with van der Waals surface area (Å²) in [6.45, 7) is 13.9. The Bertz CT molecular complexity index is 746. The molecule has 0 spiro atoms. The van der Waals surface area contributed by atoms with Crippen molar-refractivity contribution >= 4 is 5.97 Å². The molecule has 0 N–H and O–H groups in total. The molecule has 2 nitrogen and oxygen atoms in total. The van der Waals surface area contributed by atoms with E-state index in [4.69, 9.17) is 4.74 Å². The first-order chi connectivity index (χ1) is 14.6. The fraction of sp³-hybridized carbons (Fsp3) is 0.828. The van der Waals surface area contributed by atoms with Gasteiger partial charge in [-0.1, -0.05) is 70.8 Å². The maximum Gasteiger partial charge on any atom is 0.302 e. The lowest BCUT2D eigenvalue weighted by Gasteiger charge is -2.58. The monoisotopic (exact) mass is 426 g/mol. The van der Waals surface area contributed by atoms with Crippen LogP contribution in [0.5, 0.6) is 0 Å². The van der Waals surface area contributed by atoms with Crippen molar-refractivity contribution in [1.29, 1.82) is 0 Å². The summed E-state index contributed by atoms with van der Waals surface area (Å²) < 4.78 is 5.61. The van der Waals surface area contributed by atoms with Gasteiger partial charge in [0.25, 0.3) is 0 Å². The minimum Gasteiger partial charge on any atom is -0.462 e. The van der Waals surface area contributed by atoms with Crippen LogP contribution in [-0.4, -0.2) is 12.1 Å². The number of allylic oxidation sites excluding steroid dienone is 3. The lowest BCUT2D eigenvalue weighted by Crippen LogP contribution is -2.50. The van der Waals surface area contributed by atoms with Crippen molar-refractivity contribution in [2.75, 3.05) is 0 Å². The molecule has 0 saturated heterocycles. The molecule has 0 radical (unpaired) electrons. The van der Waals surface area contributed by atoms with E-state index in [1.54, 1.807) is 18.1 Å². The van der Waals surface area contributed by atoms with Gasteiger partial charge in [0, 0.05) is 13.3 Å². The maximum absolute atomic E-state index is 11.5. The van der Waals surface area contributed by atoms with Crippen molar-refractivity contribution in [3.8, 4) is 0 Å². The highest BCUT2D eigenvalue weighted by molar-refractivity contribution is 5.66. The van der Waals surface area contributed by atoms with Crippen LogP contribution in [0.4, 0.5) is 0 Å². The van der Waals surface area contributed by atoms with E-state index in [9.17, 15) is 4.79 Å². The Morgan fingerprint density at radius 3 is 2.48 bits per heavy atom. The van der Waals surface area contributed by atoms with E-state index in [0.717, 1.165) is 42.4 Å². The molecule has 4 aliphatic rings. The second-order valence-corrected chi connectivity index (χ2v) is 12.3. The zero-order valence-corrected chi connectivity index (χ0v) is 21.0. The first kappa shape index (κ1) is 23.1. The molecule has 7 unspecified atom stereocenters. The van der Waals surface area contributed by atoms with Crippen LogP contribution in [0.2, 0.25) is 0 Å². The summed E-state index contributed by atoms with van der Waals surface area (Å²) in [5, 5.41) is 0. The molecular formula is C29H46O2. The Balaban J connectivity index is 1.47. The molecular weight excluding hydrogens is 380 g/mol. The van der Waals surface area contributed by atoms with Gasteiger partial charge in [0.15, 0.2) is 0 Å². The molecule has 31 heavy (non-hydrogen) atoms. The van der Waals surface area contributed by atoms with Crippen LogP contribution >= 0.6 is 0 Å². The highest BCUT2D eigenvalue weighted by Crippen LogP contribution is 2.65. The number of ether oxygens (including phenoxy) is 1. The molecule has 2 saturated carbocycles. The van der Waals surface area contributed by atoms with Crippen LogP contribution in [0.1, 0.15) is 106 Å². The normalized spacial score (nSPS) is 40.4. The standard InChI is InChI=1S/C29H46O2/c1-19(2)8-7-9-20(3)25-12-13-26-24-11-10-22-18-23(31-21(4)30)14-16-28(22,5)27(24)15-17-29(25,26)6/h10,12,19-20,23-24,26-27H,7-9,11,13-18H2,1-6H3. The van der Waals surface area contributed by atoms with Gasteiger partial charge in [0.2, 0.25) is 0 Å². The predicted octanol–water partition coefficient (Wildman–Crippen LogP) is 7.88. The van der Waals surface area contributed by atoms with Gasteiger partial charge in [0.05, 0.1) is 0 Å². The van der Waals surface area contributed by atoms with Crippen LogP contribution < -0.4 is 0 Å². The van der Waals surface area contributed by atoms with E-state index < -0.39 is 0 Å². The number of hydrogen-bond donors (Lipinski definition) is 0. The van der Waals surface area contributed by atoms with Crippen LogP contribution in [0.3, 0.4) is 0 Å². The number of carbonyl (C=O) groups excluding carboxylic acids is 1. The molecule has 7 atom stereocenters. The van der Waals surface area contributed by atoms with E-state index in [2.05, 4.69) is 46.8 Å². The van der Waals surface area contributed by atoms with Gasteiger partial charge in [-0.2, -0.15) is 0 Å². The van der Waals surface area contributed by atoms with E-state index >= 15 is 0 Å². The minimum atomic E-state index is -0.122. The van der Waals surface area contributed by atoms with Gasteiger partial charge in [0.1, 0.15) is 6.10 Å². The fourth-order valence-corrected chi connectivity index (χ4v) is 8.32. The lowest BCUT2D eigenvalue weighted by atomic mass is 9.47. The molecule has 0 heterocycles. The summed E-state index contributed by atoms with van der Waals surface area (Å²) in [6.07, 6.45) is 17.9. The Kier molecular flexibility index (Phi) is 6.50. The highest BCUT2D eigenvalue weighted by Gasteiger charge is 2.57. The van der Waals surface area contributed by atoms with E-state index in [0.29, 0.717) is 10.8 Å². The van der Waals surface area contributed by atoms with Crippen LogP contribution in [0, 0.1) is 40.4 Å². The van der Waals surface area contributed by atoms with Crippen LogP contribution in [0.25, 0.3) is 0 Å². The average molecular weight is 427 g/mol. The predicted molar refractivity (Wildman–Crippen MR) is 129 cm³/mol. The van der Waals surface area contributed by atoms with Crippen molar-refractivity contribution in [2.45, 2.75) is 112 Å². The second-order valence-electron chi connectivity index (χ2n) is 12.3. The number of rotatable bonds is 6. The third-order valence-corrected chi connectivity index (χ3v) is 9.98. The molecule has 2 heteroatoms. The van der Waals surface area contributed by atoms with Crippen molar-refractivity contribution in [3.63, 3.8) is 0 Å². The van der Waals surface area contributed by atoms with Gasteiger partial charge < -0.3 is 4.74 Å². The lowest BCUT2D eigenvalue weighted by molar-refractivity contribution is -0.148. The number of carbonyl (C=O) groups is 1. The Hall–Kier alpha value is -1.05. The molecule has 0 amide bonds. The summed E-state index contributed by atoms with van der Waals surface area (Å²) in [4.78, 5) is 11.5. The summed E-state index contributed by atoms with van der Waals surface area (Å²) in [6, 6.07) is 0. The molecule has 0 aromatic carbocycles. The minimum absolute atomic E-state index is 0.105. The Morgan fingerprint density at radius 2 is 1.77 bits per heavy atom. The third-order valence-electron chi connectivity index (χ3n) is 9.98. The first-order valence-electron chi connectivity index (χ1n) is 13.2. The summed E-state index contributed by atoms with van der Waals surface area (Å²) in [7, 11) is 0. The molecule has 4 aliphatic carbocycles. The largest absolute Gasteiger partial charge is 0.462 e. The summed E-state index contributed by atoms with van der Waals surface area (Å²) >= 11 is 0. The maximum atomic E-state index is 11.5. The van der Waals surface area contributed by atoms with Gasteiger partial charge in [-0.05, 0) is 85.4 Å². The highest BCUT2D eigenvalue weighted by atomic mass is 16.5. The van der Waals surface area contributed by atoms with Gasteiger partial charge in [-0.3, -0.25) is 4.79 Å². The molecule has 0 bridgehead atoms. The van der Waals surface area contributed by atoms with Crippen LogP contribution in [0.15, 0.2) is 23.3 Å². The van der Waals surface area contributed by atoms with Crippen molar-refractivity contribution in [2.24, 2.45) is 40.4 Å². The second kappa shape index (κ2) is 8.71. The fourth-order valence-electron chi connectivity index (χ4n) is 8.32. The molecule has 2 fully saturated rings. The SMILES string of the molecule is CC(=O)OC1CCC2(C)C(=CCC3C2CCC2(C)C(C(C)CCCC(C)C)=CCC32)C1. The molecule has 4 rings (SSSR count). The molecule has 0 aliphatic heterocycles. The quantitative estimate of drug-likeness (QED) is 0.319. The summed E-state index contributed by atoms with van der Waals surface area (Å²) in [5.41, 5.74) is 4.16. The van der Waals surface area contributed by atoms with Gasteiger partial charge >= 0.3 is 5.97 Å². The topological polar surface area (TPSA) is 26.3 Å². The van der Waals surface area contributed by atoms with Gasteiger partial charge in [-0.25, -0.2) is 0 Å². The molecule has 174 valence electrons. The zero-order valence-electron chi connectivity index (χ0n) is 21.0. The molecule has 0 aromatic rings. The van der Waals surface area contributed by atoms with Crippen molar-refractivity contribution in [1.82, 2.24) is 0 Å². The number of fused-ring (bicyclic) bond motifs is 5. The van der Waals surface area contributed by atoms with E-state index in [1.807, 2.05) is 0 Å². The number of esters is 1. The van der Waals surface area contributed by atoms with E-state index in [1.165, 1.54) is 51.4 Å². The third kappa shape index (κ3) is 4.18. The van der Waals surface area contributed by atoms with Crippen molar-refractivity contribution in [3.05, 3.63) is 23.3 Å². The number of hydrogen-bond acceptors (Lipinski definition) is 2. The smallest absolute Gasteiger partial charge is 0.302 e. The van der Waals surface area contributed by atoms with Crippen LogP contribution in [-0.2, 0) is 9.53 Å². The Labute approximate surface area is 191 Å².